The van der Waals surface area contributed by atoms with Crippen LogP contribution in [0.4, 0.5) is 0 Å². The zero-order valence-electron chi connectivity index (χ0n) is 15.5. The van der Waals surface area contributed by atoms with Crippen LogP contribution >= 0.6 is 22.9 Å². The van der Waals surface area contributed by atoms with Crippen molar-refractivity contribution >= 4 is 38.7 Å². The maximum atomic E-state index is 13.4. The molecule has 0 atom stereocenters. The average Bonchev–Trinajstić information content (AvgIpc) is 3.42. The quantitative estimate of drug-likeness (QED) is 0.563. The minimum atomic E-state index is -3.90. The molecule has 1 fully saturated rings. The summed E-state index contributed by atoms with van der Waals surface area (Å²) >= 11 is 7.53. The van der Waals surface area contributed by atoms with Crippen LogP contribution in [0.1, 0.15) is 45.8 Å². The zero-order chi connectivity index (χ0) is 21.5. The topological polar surface area (TPSA) is 108 Å². The number of carbonyl (C=O) groups is 1. The molecule has 30 heavy (non-hydrogen) atoms. The highest BCUT2D eigenvalue weighted by atomic mass is 35.5. The van der Waals surface area contributed by atoms with Gasteiger partial charge in [-0.1, -0.05) is 17.7 Å². The number of benzene rings is 2. The molecule has 0 aliphatic heterocycles. The van der Waals surface area contributed by atoms with E-state index in [9.17, 15) is 23.6 Å². The van der Waals surface area contributed by atoms with E-state index in [0.29, 0.717) is 22.4 Å². The first-order chi connectivity index (χ1) is 14.3. The molecule has 6 nitrogen and oxygen atoms in total. The molecule has 0 unspecified atom stereocenters. The summed E-state index contributed by atoms with van der Waals surface area (Å²) in [6.07, 6.45) is 1.75. The van der Waals surface area contributed by atoms with E-state index in [4.69, 9.17) is 11.6 Å². The highest BCUT2D eigenvalue weighted by Gasteiger charge is 2.32. The normalized spacial score (nSPS) is 13.7. The van der Waals surface area contributed by atoms with Gasteiger partial charge in [-0.05, 0) is 54.2 Å². The Hall–Kier alpha value is -2.73. The van der Waals surface area contributed by atoms with Crippen LogP contribution in [0.5, 0.6) is 0 Å². The Morgan fingerprint density at radius 3 is 2.67 bits per heavy atom. The van der Waals surface area contributed by atoms with E-state index in [-0.39, 0.29) is 27.0 Å². The summed E-state index contributed by atoms with van der Waals surface area (Å²) < 4.78 is 26.8. The van der Waals surface area contributed by atoms with Gasteiger partial charge in [-0.15, -0.1) is 11.3 Å². The van der Waals surface area contributed by atoms with E-state index in [1.165, 1.54) is 29.5 Å². The fourth-order valence-corrected chi connectivity index (χ4v) is 5.82. The van der Waals surface area contributed by atoms with E-state index in [2.05, 4.69) is 4.98 Å². The molecule has 1 N–H and O–H groups in total. The molecule has 0 bridgehead atoms. The summed E-state index contributed by atoms with van der Waals surface area (Å²) in [5.74, 6) is -1.46. The maximum Gasteiger partial charge on any atom is 0.335 e. The lowest BCUT2D eigenvalue weighted by molar-refractivity contribution is 0.0696. The van der Waals surface area contributed by atoms with E-state index < -0.39 is 21.6 Å². The fourth-order valence-electron chi connectivity index (χ4n) is 3.36. The number of thiazole rings is 1. The van der Waals surface area contributed by atoms with Gasteiger partial charge in [-0.25, -0.2) is 18.2 Å². The molecule has 152 valence electrons. The standard InChI is InChI=1S/C21H15ClN2O4S2/c22-18-7-17(19-9-29-11-24-19)15(5-14(18)8-23)10-30(27,28)20-6-13(21(25)26)3-4-16(20)12-1-2-12/h3-7,9,11-12H,1-2,10H2,(H,25,26). The van der Waals surface area contributed by atoms with Crippen molar-refractivity contribution < 1.29 is 18.3 Å². The molecular weight excluding hydrogens is 444 g/mol. The number of nitriles is 1. The van der Waals surface area contributed by atoms with E-state index >= 15 is 0 Å². The van der Waals surface area contributed by atoms with Crippen molar-refractivity contribution in [3.8, 4) is 17.3 Å². The van der Waals surface area contributed by atoms with Gasteiger partial charge in [0.25, 0.3) is 0 Å². The van der Waals surface area contributed by atoms with Crippen molar-refractivity contribution in [3.05, 3.63) is 68.5 Å². The maximum absolute atomic E-state index is 13.4. The average molecular weight is 459 g/mol. The number of carboxylic acids is 1. The third-order valence-electron chi connectivity index (χ3n) is 4.98. The van der Waals surface area contributed by atoms with Crippen LogP contribution < -0.4 is 0 Å². The highest BCUT2D eigenvalue weighted by molar-refractivity contribution is 7.90. The van der Waals surface area contributed by atoms with Crippen LogP contribution in [-0.2, 0) is 15.6 Å². The number of nitrogens with zero attached hydrogens (tertiary/aromatic N) is 2. The lowest BCUT2D eigenvalue weighted by atomic mass is 10.0. The summed E-state index contributed by atoms with van der Waals surface area (Å²) in [7, 11) is -3.90. The number of hydrogen-bond donors (Lipinski definition) is 1. The Morgan fingerprint density at radius 1 is 1.30 bits per heavy atom. The molecule has 3 aromatic rings. The second kappa shape index (κ2) is 7.84. The summed E-state index contributed by atoms with van der Waals surface area (Å²) in [5, 5.41) is 20.7. The lowest BCUT2D eigenvalue weighted by Crippen LogP contribution is -2.11. The number of aromatic nitrogens is 1. The van der Waals surface area contributed by atoms with Gasteiger partial charge in [-0.2, -0.15) is 5.26 Å². The molecule has 1 saturated carbocycles. The van der Waals surface area contributed by atoms with Crippen LogP contribution in [0.3, 0.4) is 0 Å². The fraction of sp³-hybridized carbons (Fsp3) is 0.190. The number of sulfone groups is 1. The van der Waals surface area contributed by atoms with Crippen LogP contribution in [0, 0.1) is 11.3 Å². The van der Waals surface area contributed by atoms with Crippen molar-refractivity contribution in [3.63, 3.8) is 0 Å². The van der Waals surface area contributed by atoms with Crippen molar-refractivity contribution in [2.45, 2.75) is 29.4 Å². The van der Waals surface area contributed by atoms with Gasteiger partial charge in [0, 0.05) is 10.9 Å². The van der Waals surface area contributed by atoms with Crippen molar-refractivity contribution in [1.82, 2.24) is 4.98 Å². The smallest absolute Gasteiger partial charge is 0.335 e. The molecule has 9 heteroatoms. The number of rotatable bonds is 6. The summed E-state index contributed by atoms with van der Waals surface area (Å²) in [5.41, 5.74) is 3.86. The summed E-state index contributed by atoms with van der Waals surface area (Å²) in [6, 6.07) is 9.25. The molecule has 4 rings (SSSR count). The molecular formula is C21H15ClN2O4S2. The largest absolute Gasteiger partial charge is 0.478 e. The SMILES string of the molecule is N#Cc1cc(CS(=O)(=O)c2cc(C(=O)O)ccc2C2CC2)c(-c2cscn2)cc1Cl. The van der Waals surface area contributed by atoms with Gasteiger partial charge >= 0.3 is 5.97 Å². The van der Waals surface area contributed by atoms with Gasteiger partial charge in [0.15, 0.2) is 9.84 Å². The van der Waals surface area contributed by atoms with Crippen molar-refractivity contribution in [1.29, 1.82) is 5.26 Å². The summed E-state index contributed by atoms with van der Waals surface area (Å²) in [6.45, 7) is 0. The molecule has 1 aliphatic rings. The minimum Gasteiger partial charge on any atom is -0.478 e. The molecule has 1 aromatic heterocycles. The molecule has 0 spiro atoms. The predicted octanol–water partition coefficient (Wildman–Crippen LogP) is 4.88. The number of hydrogen-bond acceptors (Lipinski definition) is 6. The molecule has 0 amide bonds. The Morgan fingerprint density at radius 2 is 2.07 bits per heavy atom. The van der Waals surface area contributed by atoms with E-state index in [1.54, 1.807) is 23.0 Å². The monoisotopic (exact) mass is 458 g/mol. The van der Waals surface area contributed by atoms with Crippen LogP contribution in [0.15, 0.2) is 46.1 Å². The Balaban J connectivity index is 1.84. The van der Waals surface area contributed by atoms with Crippen LogP contribution in [-0.4, -0.2) is 24.5 Å². The number of carboxylic acid groups (broad SMARTS) is 1. The first-order valence-corrected chi connectivity index (χ1v) is 12.0. The zero-order valence-corrected chi connectivity index (χ0v) is 17.9. The first-order valence-electron chi connectivity index (χ1n) is 9.01. The molecule has 1 heterocycles. The molecule has 2 aromatic carbocycles. The number of aromatic carboxylic acids is 1. The molecule has 1 aliphatic carbocycles. The van der Waals surface area contributed by atoms with Gasteiger partial charge in [0.2, 0.25) is 0 Å². The van der Waals surface area contributed by atoms with Gasteiger partial charge in [-0.3, -0.25) is 0 Å². The van der Waals surface area contributed by atoms with E-state index in [0.717, 1.165) is 12.8 Å². The van der Waals surface area contributed by atoms with Gasteiger partial charge in [0.05, 0.1) is 38.0 Å². The van der Waals surface area contributed by atoms with Crippen LogP contribution in [0.2, 0.25) is 5.02 Å². The van der Waals surface area contributed by atoms with Crippen LogP contribution in [0.25, 0.3) is 11.3 Å². The Bertz CT molecular complexity index is 1290. The van der Waals surface area contributed by atoms with Crippen molar-refractivity contribution in [2.75, 3.05) is 0 Å². The summed E-state index contributed by atoms with van der Waals surface area (Å²) in [4.78, 5) is 15.7. The second-order valence-electron chi connectivity index (χ2n) is 7.07. The number of halogens is 1. The predicted molar refractivity (Wildman–Crippen MR) is 114 cm³/mol. The van der Waals surface area contributed by atoms with Gasteiger partial charge in [0.1, 0.15) is 6.07 Å². The lowest BCUT2D eigenvalue weighted by Gasteiger charge is -2.14. The second-order valence-corrected chi connectivity index (χ2v) is 10.1. The molecule has 0 radical (unpaired) electrons. The first kappa shape index (κ1) is 20.5. The highest BCUT2D eigenvalue weighted by Crippen LogP contribution is 2.44. The minimum absolute atomic E-state index is 0.0302. The third-order valence-corrected chi connectivity index (χ3v) is 7.59. The Labute approximate surface area is 182 Å². The third kappa shape index (κ3) is 3.97. The van der Waals surface area contributed by atoms with Crippen molar-refractivity contribution in [2.24, 2.45) is 0 Å². The molecule has 0 saturated heterocycles. The van der Waals surface area contributed by atoms with E-state index in [1.807, 2.05) is 6.07 Å². The van der Waals surface area contributed by atoms with Gasteiger partial charge < -0.3 is 5.11 Å². The Kier molecular flexibility index (Phi) is 5.36.